The van der Waals surface area contributed by atoms with Crippen molar-refractivity contribution in [3.8, 4) is 0 Å². The number of rotatable bonds is 6. The highest BCUT2D eigenvalue weighted by Gasteiger charge is 2.23. The number of carbonyl (C=O) groups excluding carboxylic acids is 1. The van der Waals surface area contributed by atoms with Gasteiger partial charge in [0.05, 0.1) is 0 Å². The maximum Gasteiger partial charge on any atom is 0.246 e. The highest BCUT2D eigenvalue weighted by molar-refractivity contribution is 5.95. The van der Waals surface area contributed by atoms with Crippen LogP contribution < -0.4 is 10.6 Å². The maximum absolute atomic E-state index is 13.1. The molecule has 26 heavy (non-hydrogen) atoms. The smallest absolute Gasteiger partial charge is 0.246 e. The zero-order valence-electron chi connectivity index (χ0n) is 14.5. The fourth-order valence-electron chi connectivity index (χ4n) is 2.80. The summed E-state index contributed by atoms with van der Waals surface area (Å²) < 4.78 is 13.1. The Balaban J connectivity index is 1.81. The molecule has 0 aliphatic heterocycles. The van der Waals surface area contributed by atoms with E-state index in [1.807, 2.05) is 67.6 Å². The maximum atomic E-state index is 13.1. The molecule has 3 nitrogen and oxygen atoms in total. The second-order valence-electron chi connectivity index (χ2n) is 6.14. The van der Waals surface area contributed by atoms with Crippen LogP contribution in [0.3, 0.4) is 0 Å². The predicted molar refractivity (Wildman–Crippen MR) is 102 cm³/mol. The zero-order valence-corrected chi connectivity index (χ0v) is 14.5. The number of benzene rings is 3. The van der Waals surface area contributed by atoms with E-state index < -0.39 is 6.04 Å². The molecule has 0 aliphatic carbocycles. The monoisotopic (exact) mass is 348 g/mol. The van der Waals surface area contributed by atoms with E-state index in [2.05, 4.69) is 10.6 Å². The van der Waals surface area contributed by atoms with E-state index in [4.69, 9.17) is 0 Å². The van der Waals surface area contributed by atoms with Crippen molar-refractivity contribution in [2.45, 2.75) is 19.0 Å². The average molecular weight is 348 g/mol. The molecule has 0 spiro atoms. The lowest BCUT2D eigenvalue weighted by atomic mass is 10.0. The molecule has 0 saturated carbocycles. The van der Waals surface area contributed by atoms with Crippen LogP contribution in [-0.2, 0) is 4.79 Å². The molecule has 0 radical (unpaired) electrons. The Kier molecular flexibility index (Phi) is 5.77. The van der Waals surface area contributed by atoms with Gasteiger partial charge in [-0.3, -0.25) is 10.1 Å². The van der Waals surface area contributed by atoms with Crippen LogP contribution in [0.1, 0.15) is 30.1 Å². The molecule has 1 amide bonds. The molecule has 2 atom stereocenters. The van der Waals surface area contributed by atoms with E-state index in [1.165, 1.54) is 12.1 Å². The Bertz CT molecular complexity index is 835. The Hall–Kier alpha value is -2.98. The summed E-state index contributed by atoms with van der Waals surface area (Å²) in [5.74, 6) is -0.524. The van der Waals surface area contributed by atoms with Crippen molar-refractivity contribution in [1.29, 1.82) is 0 Å². The van der Waals surface area contributed by atoms with Gasteiger partial charge in [0.25, 0.3) is 0 Å². The first-order valence-electron chi connectivity index (χ1n) is 8.56. The molecular formula is C22H21FN2O. The van der Waals surface area contributed by atoms with Crippen LogP contribution in [0, 0.1) is 5.82 Å². The number of hydrogen-bond donors (Lipinski definition) is 2. The second kappa shape index (κ2) is 8.41. The number of amides is 1. The quantitative estimate of drug-likeness (QED) is 0.668. The summed E-state index contributed by atoms with van der Waals surface area (Å²) in [5, 5.41) is 6.25. The summed E-state index contributed by atoms with van der Waals surface area (Å²) in [7, 11) is 0. The molecule has 0 aliphatic rings. The fourth-order valence-corrected chi connectivity index (χ4v) is 2.80. The predicted octanol–water partition coefficient (Wildman–Crippen LogP) is 4.86. The summed E-state index contributed by atoms with van der Waals surface area (Å²) in [5.41, 5.74) is 2.53. The Labute approximate surface area is 152 Å². The van der Waals surface area contributed by atoms with Gasteiger partial charge in [-0.25, -0.2) is 4.39 Å². The normalized spacial score (nSPS) is 13.0. The second-order valence-corrected chi connectivity index (χ2v) is 6.14. The molecular weight excluding hydrogens is 327 g/mol. The summed E-state index contributed by atoms with van der Waals surface area (Å²) >= 11 is 0. The molecule has 0 unspecified atom stereocenters. The van der Waals surface area contributed by atoms with Crippen LogP contribution in [0.15, 0.2) is 84.9 Å². The van der Waals surface area contributed by atoms with E-state index in [1.54, 1.807) is 12.1 Å². The first-order valence-corrected chi connectivity index (χ1v) is 8.56. The summed E-state index contributed by atoms with van der Waals surface area (Å²) in [6.45, 7) is 2.02. The molecule has 2 N–H and O–H groups in total. The van der Waals surface area contributed by atoms with Gasteiger partial charge in [0, 0.05) is 11.7 Å². The largest absolute Gasteiger partial charge is 0.324 e. The average Bonchev–Trinajstić information content (AvgIpc) is 2.69. The van der Waals surface area contributed by atoms with Crippen molar-refractivity contribution < 1.29 is 9.18 Å². The number of nitrogens with one attached hydrogen (secondary N) is 2. The Morgan fingerprint density at radius 2 is 1.35 bits per heavy atom. The van der Waals surface area contributed by atoms with Gasteiger partial charge in [0.15, 0.2) is 0 Å². The van der Waals surface area contributed by atoms with Crippen LogP contribution in [0.4, 0.5) is 10.1 Å². The molecule has 132 valence electrons. The van der Waals surface area contributed by atoms with Crippen LogP contribution in [-0.4, -0.2) is 5.91 Å². The van der Waals surface area contributed by atoms with Crippen LogP contribution in [0.25, 0.3) is 0 Å². The highest BCUT2D eigenvalue weighted by atomic mass is 19.1. The van der Waals surface area contributed by atoms with Crippen molar-refractivity contribution in [1.82, 2.24) is 5.32 Å². The Morgan fingerprint density at radius 3 is 1.92 bits per heavy atom. The van der Waals surface area contributed by atoms with E-state index in [-0.39, 0.29) is 17.8 Å². The lowest BCUT2D eigenvalue weighted by Gasteiger charge is -2.23. The number of anilines is 1. The Morgan fingerprint density at radius 1 is 0.808 bits per heavy atom. The molecule has 0 aromatic heterocycles. The molecule has 3 aromatic rings. The van der Waals surface area contributed by atoms with E-state index in [0.29, 0.717) is 5.69 Å². The molecule has 0 fully saturated rings. The lowest BCUT2D eigenvalue weighted by Crippen LogP contribution is -2.34. The summed E-state index contributed by atoms with van der Waals surface area (Å²) in [6, 6.07) is 24.7. The van der Waals surface area contributed by atoms with Crippen molar-refractivity contribution in [3.05, 3.63) is 102 Å². The van der Waals surface area contributed by atoms with Gasteiger partial charge >= 0.3 is 0 Å². The first-order chi connectivity index (χ1) is 12.6. The lowest BCUT2D eigenvalue weighted by molar-refractivity contribution is -0.118. The van der Waals surface area contributed by atoms with Gasteiger partial charge in [-0.05, 0) is 42.3 Å². The van der Waals surface area contributed by atoms with Crippen LogP contribution >= 0.6 is 0 Å². The van der Waals surface area contributed by atoms with Gasteiger partial charge < -0.3 is 5.32 Å². The van der Waals surface area contributed by atoms with Gasteiger partial charge in [-0.2, -0.15) is 0 Å². The van der Waals surface area contributed by atoms with Crippen molar-refractivity contribution in [2.24, 2.45) is 0 Å². The van der Waals surface area contributed by atoms with Crippen LogP contribution in [0.2, 0.25) is 0 Å². The third-order valence-electron chi connectivity index (χ3n) is 4.22. The zero-order chi connectivity index (χ0) is 18.4. The number of carbonyl (C=O) groups is 1. The SMILES string of the molecule is C[C@@H](N[C@@H](C(=O)Nc1ccc(F)cc1)c1ccccc1)c1ccccc1. The summed E-state index contributed by atoms with van der Waals surface area (Å²) in [6.07, 6.45) is 0. The van der Waals surface area contributed by atoms with E-state index in [9.17, 15) is 9.18 Å². The highest BCUT2D eigenvalue weighted by Crippen LogP contribution is 2.21. The van der Waals surface area contributed by atoms with E-state index >= 15 is 0 Å². The van der Waals surface area contributed by atoms with Crippen LogP contribution in [0.5, 0.6) is 0 Å². The molecule has 3 aromatic carbocycles. The molecule has 0 bridgehead atoms. The third kappa shape index (κ3) is 4.55. The van der Waals surface area contributed by atoms with Gasteiger partial charge in [0.1, 0.15) is 11.9 Å². The van der Waals surface area contributed by atoms with Crippen molar-refractivity contribution in [3.63, 3.8) is 0 Å². The molecule has 0 saturated heterocycles. The summed E-state index contributed by atoms with van der Waals surface area (Å²) in [4.78, 5) is 12.9. The van der Waals surface area contributed by atoms with Crippen molar-refractivity contribution >= 4 is 11.6 Å². The fraction of sp³-hybridized carbons (Fsp3) is 0.136. The minimum Gasteiger partial charge on any atom is -0.324 e. The standard InChI is InChI=1S/C22H21FN2O/c1-16(17-8-4-2-5-9-17)24-21(18-10-6-3-7-11-18)22(26)25-20-14-12-19(23)13-15-20/h2-16,21,24H,1H3,(H,25,26)/t16-,21-/m1/s1. The third-order valence-corrected chi connectivity index (χ3v) is 4.22. The van der Waals surface area contributed by atoms with Gasteiger partial charge in [0.2, 0.25) is 5.91 Å². The van der Waals surface area contributed by atoms with Gasteiger partial charge in [-0.15, -0.1) is 0 Å². The number of hydrogen-bond acceptors (Lipinski definition) is 2. The number of halogens is 1. The molecule has 3 rings (SSSR count). The van der Waals surface area contributed by atoms with Crippen molar-refractivity contribution in [2.75, 3.05) is 5.32 Å². The minimum atomic E-state index is -0.531. The molecule has 0 heterocycles. The van der Waals surface area contributed by atoms with E-state index in [0.717, 1.165) is 11.1 Å². The first kappa shape index (κ1) is 17.8. The minimum absolute atomic E-state index is 0.0135. The van der Waals surface area contributed by atoms with Gasteiger partial charge in [-0.1, -0.05) is 60.7 Å². The topological polar surface area (TPSA) is 41.1 Å². The molecule has 4 heteroatoms.